The summed E-state index contributed by atoms with van der Waals surface area (Å²) in [6.45, 7) is 0.0266. The topological polar surface area (TPSA) is 141 Å². The maximum absolute atomic E-state index is 9.68. The molecule has 0 aromatic heterocycles. The third-order valence-corrected chi connectivity index (χ3v) is 1.05. The molecule has 0 atom stereocenters. The first kappa shape index (κ1) is 16.2. The monoisotopic (exact) mass is 233 g/mol. The van der Waals surface area contributed by atoms with E-state index < -0.39 is 17.9 Å². The highest BCUT2D eigenvalue weighted by Gasteiger charge is 2.00. The zero-order valence-corrected chi connectivity index (χ0v) is 8.25. The predicted octanol–water partition coefficient (Wildman–Crippen LogP) is -0.267. The van der Waals surface area contributed by atoms with Gasteiger partial charge >= 0.3 is 17.9 Å². The second-order valence-corrected chi connectivity index (χ2v) is 2.40. The molecule has 0 aromatic rings. The second kappa shape index (κ2) is 10.9. The maximum atomic E-state index is 9.68. The maximum Gasteiger partial charge on any atom is 0.305 e. The Morgan fingerprint density at radius 1 is 0.875 bits per heavy atom. The summed E-state index contributed by atoms with van der Waals surface area (Å²) >= 11 is 0. The van der Waals surface area contributed by atoms with Crippen LogP contribution in [0.4, 0.5) is 0 Å². The highest BCUT2D eigenvalue weighted by atomic mass is 16.4. The van der Waals surface area contributed by atoms with Crippen molar-refractivity contribution < 1.29 is 34.5 Å². The minimum absolute atomic E-state index is 0.0266. The standard InChI is InChI=1S/C4H5NO3.C4H6O4/c6-3-5-2-1-4(7)8;5-3(6)1-2-4(7)8/h1-2H2,(H,7,8);1-2H2,(H,5,6)(H,7,8). The summed E-state index contributed by atoms with van der Waals surface area (Å²) in [6, 6.07) is 0. The average Bonchev–Trinajstić information content (AvgIpc) is 2.16. The van der Waals surface area contributed by atoms with Crippen LogP contribution in [0.25, 0.3) is 0 Å². The van der Waals surface area contributed by atoms with Gasteiger partial charge in [-0.3, -0.25) is 14.4 Å². The molecule has 0 rings (SSSR count). The average molecular weight is 233 g/mol. The number of carboxylic acids is 3. The molecule has 0 unspecified atom stereocenters. The van der Waals surface area contributed by atoms with Crippen molar-refractivity contribution in [2.24, 2.45) is 4.99 Å². The fourth-order valence-electron chi connectivity index (χ4n) is 0.411. The zero-order chi connectivity index (χ0) is 13.0. The quantitative estimate of drug-likeness (QED) is 0.423. The van der Waals surface area contributed by atoms with Crippen LogP contribution in [-0.2, 0) is 19.2 Å². The molecule has 8 nitrogen and oxygen atoms in total. The molecule has 0 bridgehead atoms. The van der Waals surface area contributed by atoms with Crippen LogP contribution in [0, 0.1) is 0 Å². The fraction of sp³-hybridized carbons (Fsp3) is 0.500. The SMILES string of the molecule is O=C(O)CCC(=O)O.O=C=NCCC(=O)O. The van der Waals surface area contributed by atoms with E-state index in [2.05, 4.69) is 4.99 Å². The van der Waals surface area contributed by atoms with Gasteiger partial charge in [0.25, 0.3) is 0 Å². The molecule has 0 saturated carbocycles. The first-order valence-electron chi connectivity index (χ1n) is 4.09. The Morgan fingerprint density at radius 2 is 1.25 bits per heavy atom. The van der Waals surface area contributed by atoms with Crippen LogP contribution in [-0.4, -0.2) is 45.9 Å². The van der Waals surface area contributed by atoms with Gasteiger partial charge in [-0.15, -0.1) is 0 Å². The highest BCUT2D eigenvalue weighted by Crippen LogP contribution is 1.86. The Morgan fingerprint density at radius 3 is 1.50 bits per heavy atom. The number of carbonyl (C=O) groups is 3. The van der Waals surface area contributed by atoms with E-state index in [9.17, 15) is 19.2 Å². The molecule has 0 aliphatic heterocycles. The minimum atomic E-state index is -1.08. The van der Waals surface area contributed by atoms with E-state index in [1.54, 1.807) is 0 Å². The van der Waals surface area contributed by atoms with E-state index in [4.69, 9.17) is 15.3 Å². The van der Waals surface area contributed by atoms with Crippen molar-refractivity contribution in [3.05, 3.63) is 0 Å². The number of isocyanates is 1. The molecule has 0 heterocycles. The molecule has 0 spiro atoms. The molecular weight excluding hydrogens is 222 g/mol. The van der Waals surface area contributed by atoms with E-state index in [0.717, 1.165) is 0 Å². The van der Waals surface area contributed by atoms with Crippen molar-refractivity contribution >= 4 is 24.0 Å². The number of hydrogen-bond donors (Lipinski definition) is 3. The predicted molar refractivity (Wildman–Crippen MR) is 49.7 cm³/mol. The van der Waals surface area contributed by atoms with Crippen molar-refractivity contribution in [3.8, 4) is 0 Å². The molecule has 90 valence electrons. The molecule has 0 aliphatic carbocycles. The van der Waals surface area contributed by atoms with Crippen LogP contribution in [0.5, 0.6) is 0 Å². The first-order chi connectivity index (χ1) is 7.40. The summed E-state index contributed by atoms with van der Waals surface area (Å²) in [5.41, 5.74) is 0. The van der Waals surface area contributed by atoms with Crippen LogP contribution in [0.1, 0.15) is 19.3 Å². The Labute approximate surface area is 90.2 Å². The lowest BCUT2D eigenvalue weighted by Crippen LogP contribution is -2.00. The molecule has 0 aromatic carbocycles. The van der Waals surface area contributed by atoms with Crippen molar-refractivity contribution in [2.75, 3.05) is 6.54 Å². The number of aliphatic imine (C=N–C) groups is 1. The van der Waals surface area contributed by atoms with Gasteiger partial charge in [0.1, 0.15) is 0 Å². The van der Waals surface area contributed by atoms with Crippen LogP contribution < -0.4 is 0 Å². The van der Waals surface area contributed by atoms with Crippen LogP contribution in [0.2, 0.25) is 0 Å². The van der Waals surface area contributed by atoms with Gasteiger partial charge in [-0.05, 0) is 0 Å². The lowest BCUT2D eigenvalue weighted by molar-refractivity contribution is -0.143. The Hall–Kier alpha value is -2.21. The van der Waals surface area contributed by atoms with Crippen molar-refractivity contribution in [3.63, 3.8) is 0 Å². The molecule has 0 aliphatic rings. The molecule has 3 N–H and O–H groups in total. The lowest BCUT2D eigenvalue weighted by atomic mass is 10.3. The highest BCUT2D eigenvalue weighted by molar-refractivity contribution is 5.75. The minimum Gasteiger partial charge on any atom is -0.481 e. The summed E-state index contributed by atoms with van der Waals surface area (Å²) in [4.78, 5) is 41.3. The Kier molecular flexibility index (Phi) is 11.0. The van der Waals surface area contributed by atoms with Gasteiger partial charge in [0.15, 0.2) is 0 Å². The van der Waals surface area contributed by atoms with E-state index in [-0.39, 0.29) is 25.8 Å². The van der Waals surface area contributed by atoms with Gasteiger partial charge in [-0.2, -0.15) is 0 Å². The zero-order valence-electron chi connectivity index (χ0n) is 8.25. The number of hydrogen-bond acceptors (Lipinski definition) is 5. The fourth-order valence-corrected chi connectivity index (χ4v) is 0.411. The van der Waals surface area contributed by atoms with E-state index in [1.165, 1.54) is 6.08 Å². The van der Waals surface area contributed by atoms with Gasteiger partial charge in [0.05, 0.1) is 25.8 Å². The smallest absolute Gasteiger partial charge is 0.305 e. The number of rotatable bonds is 6. The molecule has 0 radical (unpaired) electrons. The molecule has 8 heteroatoms. The van der Waals surface area contributed by atoms with Gasteiger partial charge in [0, 0.05) is 0 Å². The summed E-state index contributed by atoms with van der Waals surface area (Å²) in [6.07, 6.45) is 0.540. The van der Waals surface area contributed by atoms with Crippen LogP contribution in [0.3, 0.4) is 0 Å². The lowest BCUT2D eigenvalue weighted by Gasteiger charge is -1.85. The van der Waals surface area contributed by atoms with E-state index in [0.29, 0.717) is 0 Å². The van der Waals surface area contributed by atoms with Gasteiger partial charge in [-0.1, -0.05) is 0 Å². The summed E-state index contributed by atoms with van der Waals surface area (Å²) in [7, 11) is 0. The summed E-state index contributed by atoms with van der Waals surface area (Å²) < 4.78 is 0. The second-order valence-electron chi connectivity index (χ2n) is 2.40. The van der Waals surface area contributed by atoms with Crippen LogP contribution >= 0.6 is 0 Å². The molecule has 0 saturated heterocycles. The largest absolute Gasteiger partial charge is 0.481 e. The van der Waals surface area contributed by atoms with Crippen molar-refractivity contribution in [2.45, 2.75) is 19.3 Å². The number of nitrogens with zero attached hydrogens (tertiary/aromatic N) is 1. The number of aliphatic carboxylic acids is 3. The third kappa shape index (κ3) is 22.6. The molecule has 0 fully saturated rings. The van der Waals surface area contributed by atoms with E-state index >= 15 is 0 Å². The van der Waals surface area contributed by atoms with Gasteiger partial charge in [0.2, 0.25) is 6.08 Å². The Bertz CT molecular complexity index is 256. The van der Waals surface area contributed by atoms with Crippen LogP contribution in [0.15, 0.2) is 4.99 Å². The van der Waals surface area contributed by atoms with Crippen molar-refractivity contribution in [1.29, 1.82) is 0 Å². The number of carboxylic acid groups (broad SMARTS) is 3. The summed E-state index contributed by atoms with van der Waals surface area (Å²) in [5, 5.41) is 23.7. The molecule has 16 heavy (non-hydrogen) atoms. The van der Waals surface area contributed by atoms with Gasteiger partial charge < -0.3 is 15.3 Å². The van der Waals surface area contributed by atoms with Crippen molar-refractivity contribution in [1.82, 2.24) is 0 Å². The normalized spacial score (nSPS) is 8.00. The first-order valence-corrected chi connectivity index (χ1v) is 4.09. The summed E-state index contributed by atoms with van der Waals surface area (Å²) in [5.74, 6) is -3.11. The van der Waals surface area contributed by atoms with E-state index in [1.807, 2.05) is 0 Å². The third-order valence-electron chi connectivity index (χ3n) is 1.05. The molecule has 0 amide bonds. The molecular formula is C8H11NO7. The Balaban J connectivity index is 0. The number of carbonyl (C=O) groups excluding carboxylic acids is 1. The van der Waals surface area contributed by atoms with Gasteiger partial charge in [-0.25, -0.2) is 9.79 Å².